The van der Waals surface area contributed by atoms with Crippen LogP contribution >= 0.6 is 11.6 Å². The summed E-state index contributed by atoms with van der Waals surface area (Å²) in [6.45, 7) is 0. The first-order chi connectivity index (χ1) is 10.0. The van der Waals surface area contributed by atoms with Crippen molar-refractivity contribution in [1.82, 2.24) is 4.57 Å². The lowest BCUT2D eigenvalue weighted by atomic mass is 10.3. The van der Waals surface area contributed by atoms with E-state index in [4.69, 9.17) is 11.6 Å². The van der Waals surface area contributed by atoms with Crippen LogP contribution in [0.15, 0.2) is 47.5 Å². The quantitative estimate of drug-likeness (QED) is 0.791. The van der Waals surface area contributed by atoms with Crippen LogP contribution in [0.4, 0.5) is 5.69 Å². The molecule has 0 aliphatic heterocycles. The Labute approximate surface area is 130 Å². The fraction of sp³-hybridized carbons (Fsp3) is 0.333. The number of hydrogen-bond acceptors (Lipinski definition) is 2. The summed E-state index contributed by atoms with van der Waals surface area (Å²) in [5, 5.41) is 0. The van der Waals surface area contributed by atoms with E-state index in [1.54, 1.807) is 31.4 Å². The van der Waals surface area contributed by atoms with Crippen molar-refractivity contribution >= 4 is 27.3 Å². The zero-order valence-electron chi connectivity index (χ0n) is 11.7. The van der Waals surface area contributed by atoms with Crippen LogP contribution in [-0.2, 0) is 15.9 Å². The van der Waals surface area contributed by atoms with Crippen molar-refractivity contribution in [3.8, 4) is 0 Å². The summed E-state index contributed by atoms with van der Waals surface area (Å²) in [4.78, 5) is 0.302. The van der Waals surface area contributed by atoms with E-state index in [-0.39, 0.29) is 0 Å². The third kappa shape index (κ3) is 2.68. The Morgan fingerprint density at radius 1 is 1.29 bits per heavy atom. The van der Waals surface area contributed by atoms with Crippen LogP contribution in [-0.4, -0.2) is 20.0 Å². The molecule has 6 heteroatoms. The van der Waals surface area contributed by atoms with Gasteiger partial charge in [0.15, 0.2) is 0 Å². The molecule has 112 valence electrons. The van der Waals surface area contributed by atoms with E-state index < -0.39 is 10.0 Å². The molecule has 1 saturated carbocycles. The van der Waals surface area contributed by atoms with Gasteiger partial charge in [-0.05, 0) is 31.0 Å². The number of benzene rings is 1. The van der Waals surface area contributed by atoms with E-state index in [9.17, 15) is 8.42 Å². The van der Waals surface area contributed by atoms with Gasteiger partial charge in [-0.1, -0.05) is 18.2 Å². The molecule has 3 rings (SSSR count). The zero-order chi connectivity index (χ0) is 15.0. The molecule has 1 aromatic carbocycles. The first-order valence-corrected chi connectivity index (χ1v) is 8.82. The first-order valence-electron chi connectivity index (χ1n) is 6.84. The summed E-state index contributed by atoms with van der Waals surface area (Å²) in [5.74, 6) is 0.321. The van der Waals surface area contributed by atoms with E-state index in [0.29, 0.717) is 22.5 Å². The van der Waals surface area contributed by atoms with Crippen LogP contribution in [0.2, 0.25) is 0 Å². The standard InChI is InChI=1S/C15H17ClN2O2S/c1-17(12-5-3-2-4-6-12)21(19,20)15-9-14(10-16)18(11-15)13-7-8-13/h2-6,9,11,13H,7-8,10H2,1H3. The molecule has 4 nitrogen and oxygen atoms in total. The highest BCUT2D eigenvalue weighted by Crippen LogP contribution is 2.38. The number of para-hydroxylation sites is 1. The molecule has 0 atom stereocenters. The molecule has 1 heterocycles. The summed E-state index contributed by atoms with van der Waals surface area (Å²) in [6, 6.07) is 11.1. The maximum absolute atomic E-state index is 12.7. The molecule has 0 radical (unpaired) electrons. The van der Waals surface area contributed by atoms with Gasteiger partial charge < -0.3 is 4.57 Å². The lowest BCUT2D eigenvalue weighted by molar-refractivity contribution is 0.594. The Morgan fingerprint density at radius 2 is 1.95 bits per heavy atom. The molecule has 21 heavy (non-hydrogen) atoms. The summed E-state index contributed by atoms with van der Waals surface area (Å²) in [6.07, 6.45) is 3.89. The Hall–Kier alpha value is -1.46. The number of anilines is 1. The van der Waals surface area contributed by atoms with Gasteiger partial charge in [-0.15, -0.1) is 11.6 Å². The molecule has 0 saturated heterocycles. The summed E-state index contributed by atoms with van der Waals surface area (Å²) in [7, 11) is -1.99. The normalized spacial score (nSPS) is 15.1. The number of nitrogens with zero attached hydrogens (tertiary/aromatic N) is 2. The molecule has 0 spiro atoms. The lowest BCUT2D eigenvalue weighted by Crippen LogP contribution is -2.26. The smallest absolute Gasteiger partial charge is 0.265 e. The molecule has 1 aromatic heterocycles. The molecule has 0 bridgehead atoms. The molecule has 0 N–H and O–H groups in total. The highest BCUT2D eigenvalue weighted by atomic mass is 35.5. The van der Waals surface area contributed by atoms with Crippen molar-refractivity contribution in [1.29, 1.82) is 0 Å². The fourth-order valence-corrected chi connectivity index (χ4v) is 3.83. The topological polar surface area (TPSA) is 42.3 Å². The monoisotopic (exact) mass is 324 g/mol. The first kappa shape index (κ1) is 14.5. The number of hydrogen-bond donors (Lipinski definition) is 0. The van der Waals surface area contributed by atoms with E-state index in [0.717, 1.165) is 18.5 Å². The van der Waals surface area contributed by atoms with E-state index in [1.807, 2.05) is 22.8 Å². The molecular formula is C15H17ClN2O2S. The minimum Gasteiger partial charge on any atom is -0.346 e. The van der Waals surface area contributed by atoms with Crippen LogP contribution in [0, 0.1) is 0 Å². The molecular weight excluding hydrogens is 308 g/mol. The van der Waals surface area contributed by atoms with Gasteiger partial charge in [0.1, 0.15) is 4.90 Å². The average Bonchev–Trinajstić information content (AvgIpc) is 3.25. The summed E-state index contributed by atoms with van der Waals surface area (Å²) >= 11 is 5.93. The Balaban J connectivity index is 1.98. The highest BCUT2D eigenvalue weighted by molar-refractivity contribution is 7.92. The van der Waals surface area contributed by atoms with Gasteiger partial charge in [-0.25, -0.2) is 8.42 Å². The van der Waals surface area contributed by atoms with E-state index >= 15 is 0 Å². The Kier molecular flexibility index (Phi) is 3.71. The summed E-state index contributed by atoms with van der Waals surface area (Å²) in [5.41, 5.74) is 1.50. The van der Waals surface area contributed by atoms with E-state index in [2.05, 4.69) is 0 Å². The molecule has 0 unspecified atom stereocenters. The van der Waals surface area contributed by atoms with Gasteiger partial charge in [0.25, 0.3) is 10.0 Å². The van der Waals surface area contributed by atoms with Crippen molar-refractivity contribution in [2.75, 3.05) is 11.4 Å². The second kappa shape index (κ2) is 5.39. The van der Waals surface area contributed by atoms with Crippen LogP contribution < -0.4 is 4.31 Å². The molecule has 1 aliphatic rings. The Bertz CT molecular complexity index is 736. The molecule has 0 amide bonds. The van der Waals surface area contributed by atoms with Gasteiger partial charge in [-0.3, -0.25) is 4.31 Å². The Morgan fingerprint density at radius 3 is 2.52 bits per heavy atom. The predicted molar refractivity (Wildman–Crippen MR) is 84.3 cm³/mol. The van der Waals surface area contributed by atoms with Crippen molar-refractivity contribution in [3.05, 3.63) is 48.3 Å². The number of rotatable bonds is 5. The second-order valence-electron chi connectivity index (χ2n) is 5.25. The number of halogens is 1. The SMILES string of the molecule is CN(c1ccccc1)S(=O)(=O)c1cc(CCl)n(C2CC2)c1. The average molecular weight is 325 g/mol. The van der Waals surface area contributed by atoms with Crippen LogP contribution in [0.3, 0.4) is 0 Å². The van der Waals surface area contributed by atoms with Gasteiger partial charge in [0.2, 0.25) is 0 Å². The summed E-state index contributed by atoms with van der Waals surface area (Å²) < 4.78 is 28.8. The zero-order valence-corrected chi connectivity index (χ0v) is 13.3. The van der Waals surface area contributed by atoms with Crippen molar-refractivity contribution < 1.29 is 8.42 Å². The third-order valence-electron chi connectivity index (χ3n) is 3.76. The predicted octanol–water partition coefficient (Wildman–Crippen LogP) is 3.39. The molecule has 1 fully saturated rings. The van der Waals surface area contributed by atoms with Crippen LogP contribution in [0.5, 0.6) is 0 Å². The maximum Gasteiger partial charge on any atom is 0.265 e. The van der Waals surface area contributed by atoms with Crippen molar-refractivity contribution in [2.24, 2.45) is 0 Å². The largest absolute Gasteiger partial charge is 0.346 e. The highest BCUT2D eigenvalue weighted by Gasteiger charge is 2.29. The van der Waals surface area contributed by atoms with Crippen LogP contribution in [0.25, 0.3) is 0 Å². The third-order valence-corrected chi connectivity index (χ3v) is 5.79. The van der Waals surface area contributed by atoms with Crippen molar-refractivity contribution in [3.63, 3.8) is 0 Å². The minimum absolute atomic E-state index is 0.302. The van der Waals surface area contributed by atoms with Crippen molar-refractivity contribution in [2.45, 2.75) is 29.7 Å². The number of sulfonamides is 1. The fourth-order valence-electron chi connectivity index (χ4n) is 2.37. The van der Waals surface area contributed by atoms with E-state index in [1.165, 1.54) is 4.31 Å². The lowest BCUT2D eigenvalue weighted by Gasteiger charge is -2.18. The van der Waals surface area contributed by atoms with Crippen LogP contribution in [0.1, 0.15) is 24.6 Å². The van der Waals surface area contributed by atoms with Gasteiger partial charge in [0.05, 0.1) is 11.6 Å². The van der Waals surface area contributed by atoms with Gasteiger partial charge >= 0.3 is 0 Å². The maximum atomic E-state index is 12.7. The van der Waals surface area contributed by atoms with Gasteiger partial charge in [0, 0.05) is 25.0 Å². The minimum atomic E-state index is -3.56. The molecule has 2 aromatic rings. The molecule has 1 aliphatic carbocycles. The number of aromatic nitrogens is 1. The number of alkyl halides is 1. The van der Waals surface area contributed by atoms with Gasteiger partial charge in [-0.2, -0.15) is 0 Å². The second-order valence-corrected chi connectivity index (χ2v) is 7.48.